The van der Waals surface area contributed by atoms with Gasteiger partial charge >= 0.3 is 0 Å². The van der Waals surface area contributed by atoms with Crippen molar-refractivity contribution in [1.82, 2.24) is 0 Å². The Balaban J connectivity index is 2.09. The van der Waals surface area contributed by atoms with Crippen LogP contribution in [0.15, 0.2) is 48.5 Å². The largest absolute Gasteiger partial charge is 0.493 e. The van der Waals surface area contributed by atoms with Crippen molar-refractivity contribution in [3.63, 3.8) is 0 Å². The Bertz CT molecular complexity index is 646. The number of aliphatic hydroxyl groups excluding tert-OH is 1. The van der Waals surface area contributed by atoms with Gasteiger partial charge in [0, 0.05) is 11.5 Å². The van der Waals surface area contributed by atoms with Crippen LogP contribution in [-0.4, -0.2) is 18.3 Å². The Hall–Kier alpha value is -1.71. The van der Waals surface area contributed by atoms with E-state index in [1.54, 1.807) is 0 Å². The molecule has 3 nitrogen and oxygen atoms in total. The molecule has 2 aromatic rings. The molecule has 0 bridgehead atoms. The standard InChI is InChI=1S/C17H18ClNO2/c1-12-10-21-16-9-5-2-6-13(16)17(12,11-20)19-15-8-4-3-7-14(15)18/h2-9,12,19-20H,10-11H2,1H3. The zero-order chi connectivity index (χ0) is 14.9. The van der Waals surface area contributed by atoms with Gasteiger partial charge in [0.05, 0.1) is 29.5 Å². The number of aliphatic hydroxyl groups is 1. The van der Waals surface area contributed by atoms with Gasteiger partial charge in [0.1, 0.15) is 5.75 Å². The maximum Gasteiger partial charge on any atom is 0.124 e. The highest BCUT2D eigenvalue weighted by molar-refractivity contribution is 6.33. The number of benzene rings is 2. The first-order valence-electron chi connectivity index (χ1n) is 7.03. The summed E-state index contributed by atoms with van der Waals surface area (Å²) in [6.07, 6.45) is 0. The topological polar surface area (TPSA) is 41.5 Å². The van der Waals surface area contributed by atoms with Crippen LogP contribution in [0.25, 0.3) is 0 Å². The average molecular weight is 304 g/mol. The Morgan fingerprint density at radius 2 is 1.95 bits per heavy atom. The summed E-state index contributed by atoms with van der Waals surface area (Å²) in [6.45, 7) is 2.59. The predicted octanol–water partition coefficient (Wildman–Crippen LogP) is 3.67. The van der Waals surface area contributed by atoms with Crippen molar-refractivity contribution in [1.29, 1.82) is 0 Å². The van der Waals surface area contributed by atoms with Gasteiger partial charge in [-0.1, -0.05) is 48.9 Å². The van der Waals surface area contributed by atoms with Gasteiger partial charge in [-0.15, -0.1) is 0 Å². The molecule has 2 unspecified atom stereocenters. The van der Waals surface area contributed by atoms with Gasteiger partial charge in [-0.25, -0.2) is 0 Å². The molecule has 1 aliphatic heterocycles. The summed E-state index contributed by atoms with van der Waals surface area (Å²) >= 11 is 6.26. The lowest BCUT2D eigenvalue weighted by molar-refractivity contribution is 0.0995. The summed E-state index contributed by atoms with van der Waals surface area (Å²) in [5.74, 6) is 0.915. The number of nitrogens with one attached hydrogen (secondary N) is 1. The third kappa shape index (κ3) is 2.37. The van der Waals surface area contributed by atoms with E-state index in [-0.39, 0.29) is 12.5 Å². The molecule has 0 spiro atoms. The molecule has 21 heavy (non-hydrogen) atoms. The Labute approximate surface area is 129 Å². The second-order valence-corrected chi connectivity index (χ2v) is 5.85. The Morgan fingerprint density at radius 3 is 2.71 bits per heavy atom. The minimum absolute atomic E-state index is 0.0280. The molecule has 3 rings (SSSR count). The van der Waals surface area contributed by atoms with Crippen LogP contribution in [-0.2, 0) is 5.54 Å². The predicted molar refractivity (Wildman–Crippen MR) is 84.9 cm³/mol. The van der Waals surface area contributed by atoms with Crippen LogP contribution >= 0.6 is 11.6 Å². The minimum atomic E-state index is -0.597. The van der Waals surface area contributed by atoms with E-state index in [9.17, 15) is 5.11 Å². The highest BCUT2D eigenvalue weighted by Crippen LogP contribution is 2.43. The molecule has 0 fully saturated rings. The van der Waals surface area contributed by atoms with Crippen molar-refractivity contribution in [2.45, 2.75) is 12.5 Å². The van der Waals surface area contributed by atoms with Crippen LogP contribution in [0, 0.1) is 5.92 Å². The van der Waals surface area contributed by atoms with Crippen molar-refractivity contribution in [3.05, 3.63) is 59.1 Å². The molecule has 110 valence electrons. The Kier molecular flexibility index (Phi) is 3.79. The zero-order valence-corrected chi connectivity index (χ0v) is 12.6. The van der Waals surface area contributed by atoms with Gasteiger partial charge in [0.25, 0.3) is 0 Å². The molecule has 2 aromatic carbocycles. The maximum atomic E-state index is 10.1. The summed E-state index contributed by atoms with van der Waals surface area (Å²) in [5, 5.41) is 14.2. The third-order valence-corrected chi connectivity index (χ3v) is 4.51. The van der Waals surface area contributed by atoms with Crippen LogP contribution in [0.3, 0.4) is 0 Å². The molecule has 2 atom stereocenters. The van der Waals surface area contributed by atoms with Gasteiger partial charge in [-0.2, -0.15) is 0 Å². The maximum absolute atomic E-state index is 10.1. The molecule has 1 heterocycles. The monoisotopic (exact) mass is 303 g/mol. The quantitative estimate of drug-likeness (QED) is 0.909. The summed E-state index contributed by atoms with van der Waals surface area (Å²) in [7, 11) is 0. The van der Waals surface area contributed by atoms with E-state index in [0.29, 0.717) is 11.6 Å². The molecular formula is C17H18ClNO2. The molecule has 0 amide bonds. The smallest absolute Gasteiger partial charge is 0.124 e. The Morgan fingerprint density at radius 1 is 1.24 bits per heavy atom. The number of fused-ring (bicyclic) bond motifs is 1. The van der Waals surface area contributed by atoms with Crippen molar-refractivity contribution in [2.75, 3.05) is 18.5 Å². The highest BCUT2D eigenvalue weighted by Gasteiger charge is 2.43. The van der Waals surface area contributed by atoms with Gasteiger partial charge in [0.15, 0.2) is 0 Å². The highest BCUT2D eigenvalue weighted by atomic mass is 35.5. The van der Waals surface area contributed by atoms with Crippen molar-refractivity contribution >= 4 is 17.3 Å². The molecule has 0 aliphatic carbocycles. The number of hydrogen-bond donors (Lipinski definition) is 2. The first-order valence-corrected chi connectivity index (χ1v) is 7.41. The molecule has 0 radical (unpaired) electrons. The molecule has 0 saturated heterocycles. The zero-order valence-electron chi connectivity index (χ0n) is 11.8. The summed E-state index contributed by atoms with van der Waals surface area (Å²) in [6, 6.07) is 15.4. The number of ether oxygens (including phenoxy) is 1. The minimum Gasteiger partial charge on any atom is -0.493 e. The van der Waals surface area contributed by atoms with E-state index in [1.807, 2.05) is 48.5 Å². The lowest BCUT2D eigenvalue weighted by atomic mass is 9.77. The SMILES string of the molecule is CC1COc2ccccc2C1(CO)Nc1ccccc1Cl. The van der Waals surface area contributed by atoms with Gasteiger partial charge in [-0.3, -0.25) is 0 Å². The molecule has 2 N–H and O–H groups in total. The van der Waals surface area contributed by atoms with Crippen LogP contribution in [0.2, 0.25) is 5.02 Å². The number of para-hydroxylation sites is 2. The number of halogens is 1. The molecule has 0 saturated carbocycles. The molecular weight excluding hydrogens is 286 g/mol. The summed E-state index contributed by atoms with van der Waals surface area (Å²) < 4.78 is 5.78. The fourth-order valence-corrected chi connectivity index (χ4v) is 3.04. The van der Waals surface area contributed by atoms with Crippen LogP contribution in [0.4, 0.5) is 5.69 Å². The molecule has 4 heteroatoms. The van der Waals surface area contributed by atoms with E-state index >= 15 is 0 Å². The lowest BCUT2D eigenvalue weighted by Crippen LogP contribution is -2.50. The third-order valence-electron chi connectivity index (χ3n) is 4.18. The van der Waals surface area contributed by atoms with Crippen molar-refractivity contribution in [2.24, 2.45) is 5.92 Å². The van der Waals surface area contributed by atoms with Crippen LogP contribution in [0.1, 0.15) is 12.5 Å². The number of anilines is 1. The molecule has 0 aromatic heterocycles. The molecule has 1 aliphatic rings. The number of hydrogen-bond acceptors (Lipinski definition) is 3. The van der Waals surface area contributed by atoms with E-state index < -0.39 is 5.54 Å². The van der Waals surface area contributed by atoms with Crippen molar-refractivity contribution < 1.29 is 9.84 Å². The van der Waals surface area contributed by atoms with E-state index in [1.165, 1.54) is 0 Å². The summed E-state index contributed by atoms with van der Waals surface area (Å²) in [4.78, 5) is 0. The average Bonchev–Trinajstić information content (AvgIpc) is 2.52. The van der Waals surface area contributed by atoms with E-state index in [2.05, 4.69) is 12.2 Å². The van der Waals surface area contributed by atoms with Gasteiger partial charge < -0.3 is 15.2 Å². The first kappa shape index (κ1) is 14.2. The van der Waals surface area contributed by atoms with E-state index in [0.717, 1.165) is 17.0 Å². The normalized spacial score (nSPS) is 24.0. The van der Waals surface area contributed by atoms with Crippen LogP contribution in [0.5, 0.6) is 5.75 Å². The lowest BCUT2D eigenvalue weighted by Gasteiger charge is -2.43. The summed E-state index contributed by atoms with van der Waals surface area (Å²) in [5.41, 5.74) is 1.18. The van der Waals surface area contributed by atoms with Gasteiger partial charge in [-0.05, 0) is 18.2 Å². The first-order chi connectivity index (χ1) is 10.2. The fourth-order valence-electron chi connectivity index (χ4n) is 2.86. The van der Waals surface area contributed by atoms with Gasteiger partial charge in [0.2, 0.25) is 0 Å². The fraction of sp³-hybridized carbons (Fsp3) is 0.294. The van der Waals surface area contributed by atoms with Crippen LogP contribution < -0.4 is 10.1 Å². The van der Waals surface area contributed by atoms with Crippen molar-refractivity contribution in [3.8, 4) is 5.75 Å². The number of rotatable bonds is 3. The second kappa shape index (κ2) is 5.58. The van der Waals surface area contributed by atoms with E-state index in [4.69, 9.17) is 16.3 Å². The second-order valence-electron chi connectivity index (χ2n) is 5.44.